The van der Waals surface area contributed by atoms with Gasteiger partial charge in [0.2, 0.25) is 10.0 Å². The topological polar surface area (TPSA) is 62.3 Å². The van der Waals surface area contributed by atoms with Crippen LogP contribution in [0.25, 0.3) is 0 Å². The summed E-state index contributed by atoms with van der Waals surface area (Å²) in [6.45, 7) is 1.99. The summed E-state index contributed by atoms with van der Waals surface area (Å²) in [5, 5.41) is 3.15. The normalized spacial score (nSPS) is 13.6. The van der Waals surface area contributed by atoms with E-state index in [-0.39, 0.29) is 10.9 Å². The van der Waals surface area contributed by atoms with E-state index in [9.17, 15) is 8.42 Å². The molecule has 18 heavy (non-hydrogen) atoms. The van der Waals surface area contributed by atoms with Crippen molar-refractivity contribution in [1.29, 1.82) is 0 Å². The summed E-state index contributed by atoms with van der Waals surface area (Å²) in [6, 6.07) is 3.39. The lowest BCUT2D eigenvalue weighted by atomic mass is 10.2. The summed E-state index contributed by atoms with van der Waals surface area (Å²) < 4.78 is 24.8. The van der Waals surface area contributed by atoms with Crippen LogP contribution in [0.4, 0.5) is 5.82 Å². The molecule has 0 bridgehead atoms. The molecular weight excluding hydrogens is 274 g/mol. The van der Waals surface area contributed by atoms with Gasteiger partial charge in [-0.05, 0) is 25.5 Å². The van der Waals surface area contributed by atoms with E-state index in [2.05, 4.69) is 10.3 Å². The lowest BCUT2D eigenvalue weighted by molar-refractivity contribution is 0.520. The summed E-state index contributed by atoms with van der Waals surface area (Å²) in [6.07, 6.45) is 2.17. The second-order valence-electron chi connectivity index (χ2n) is 4.19. The van der Waals surface area contributed by atoms with Crippen LogP contribution >= 0.6 is 11.6 Å². The minimum atomic E-state index is -3.41. The van der Waals surface area contributed by atoms with Gasteiger partial charge < -0.3 is 5.32 Å². The van der Waals surface area contributed by atoms with Crippen molar-refractivity contribution in [2.45, 2.75) is 24.3 Å². The Hall–Kier alpha value is -0.850. The number of anilines is 1. The zero-order valence-electron chi connectivity index (χ0n) is 10.7. The molecule has 0 spiro atoms. The number of alkyl halides is 1. The number of hydrogen-bond donors (Lipinski definition) is 1. The van der Waals surface area contributed by atoms with Crippen LogP contribution in [-0.2, 0) is 10.0 Å². The van der Waals surface area contributed by atoms with Gasteiger partial charge in [-0.2, -0.15) is 0 Å². The predicted octanol–water partition coefficient (Wildman–Crippen LogP) is 1.76. The van der Waals surface area contributed by atoms with E-state index < -0.39 is 10.0 Å². The van der Waals surface area contributed by atoms with Gasteiger partial charge in [-0.3, -0.25) is 0 Å². The molecule has 0 saturated heterocycles. The largest absolute Gasteiger partial charge is 0.368 e. The lowest BCUT2D eigenvalue weighted by Crippen LogP contribution is -2.22. The maximum Gasteiger partial charge on any atom is 0.244 e. The Morgan fingerprint density at radius 3 is 2.56 bits per heavy atom. The summed E-state index contributed by atoms with van der Waals surface area (Å²) in [7, 11) is -0.430. The molecule has 1 N–H and O–H groups in total. The summed E-state index contributed by atoms with van der Waals surface area (Å²) in [5.41, 5.74) is 0. The van der Waals surface area contributed by atoms with Crippen LogP contribution < -0.4 is 5.32 Å². The number of hydrogen-bond acceptors (Lipinski definition) is 4. The van der Waals surface area contributed by atoms with Crippen molar-refractivity contribution in [2.75, 3.05) is 25.3 Å². The van der Waals surface area contributed by atoms with Gasteiger partial charge in [-0.1, -0.05) is 0 Å². The first kappa shape index (κ1) is 15.2. The third kappa shape index (κ3) is 3.83. The first-order chi connectivity index (χ1) is 8.37. The van der Waals surface area contributed by atoms with Crippen molar-refractivity contribution in [3.63, 3.8) is 0 Å². The van der Waals surface area contributed by atoms with Crippen molar-refractivity contribution < 1.29 is 8.42 Å². The SMILES string of the molecule is CC(CCCl)Nc1ccc(S(=O)(=O)N(C)C)cn1. The highest BCUT2D eigenvalue weighted by Gasteiger charge is 2.17. The van der Waals surface area contributed by atoms with E-state index in [1.807, 2.05) is 6.92 Å². The van der Waals surface area contributed by atoms with Crippen LogP contribution in [0.15, 0.2) is 23.2 Å². The summed E-state index contributed by atoms with van der Waals surface area (Å²) in [5.74, 6) is 1.21. The third-order valence-corrected chi connectivity index (χ3v) is 4.47. The molecule has 102 valence electrons. The molecule has 0 aliphatic carbocycles. The highest BCUT2D eigenvalue weighted by Crippen LogP contribution is 2.14. The number of nitrogens with zero attached hydrogens (tertiary/aromatic N) is 2. The maximum absolute atomic E-state index is 11.8. The molecule has 0 saturated carbocycles. The van der Waals surface area contributed by atoms with E-state index in [4.69, 9.17) is 11.6 Å². The number of pyridine rings is 1. The molecule has 1 atom stereocenters. The Morgan fingerprint density at radius 1 is 1.44 bits per heavy atom. The van der Waals surface area contributed by atoms with E-state index in [1.165, 1.54) is 26.4 Å². The van der Waals surface area contributed by atoms with Crippen LogP contribution in [0.5, 0.6) is 0 Å². The molecule has 1 heterocycles. The monoisotopic (exact) mass is 291 g/mol. The number of halogens is 1. The fourth-order valence-corrected chi connectivity index (χ4v) is 2.49. The minimum Gasteiger partial charge on any atom is -0.368 e. The summed E-state index contributed by atoms with van der Waals surface area (Å²) in [4.78, 5) is 4.27. The zero-order valence-corrected chi connectivity index (χ0v) is 12.3. The fraction of sp³-hybridized carbons (Fsp3) is 0.545. The molecular formula is C11H18ClN3O2S. The molecule has 1 unspecified atom stereocenters. The van der Waals surface area contributed by atoms with Gasteiger partial charge in [0, 0.05) is 32.2 Å². The van der Waals surface area contributed by atoms with Crippen molar-refractivity contribution in [1.82, 2.24) is 9.29 Å². The molecule has 0 radical (unpaired) electrons. The molecule has 5 nitrogen and oxygen atoms in total. The molecule has 1 aromatic heterocycles. The second kappa shape index (κ2) is 6.36. The van der Waals surface area contributed by atoms with Crippen LogP contribution in [0.1, 0.15) is 13.3 Å². The van der Waals surface area contributed by atoms with Crippen LogP contribution in [0.2, 0.25) is 0 Å². The van der Waals surface area contributed by atoms with Crippen LogP contribution in [0, 0.1) is 0 Å². The molecule has 0 aromatic carbocycles. The Morgan fingerprint density at radius 2 is 2.11 bits per heavy atom. The molecule has 0 fully saturated rings. The minimum absolute atomic E-state index is 0.183. The Labute approximate surface area is 113 Å². The van der Waals surface area contributed by atoms with Gasteiger partial charge >= 0.3 is 0 Å². The van der Waals surface area contributed by atoms with Crippen molar-refractivity contribution in [2.24, 2.45) is 0 Å². The van der Waals surface area contributed by atoms with E-state index in [0.29, 0.717) is 11.7 Å². The highest BCUT2D eigenvalue weighted by molar-refractivity contribution is 7.89. The number of nitrogens with one attached hydrogen (secondary N) is 1. The van der Waals surface area contributed by atoms with Crippen molar-refractivity contribution in [3.8, 4) is 0 Å². The number of aromatic nitrogens is 1. The second-order valence-corrected chi connectivity index (χ2v) is 6.72. The Balaban J connectivity index is 2.81. The predicted molar refractivity (Wildman–Crippen MR) is 73.5 cm³/mol. The van der Waals surface area contributed by atoms with E-state index in [0.717, 1.165) is 10.7 Å². The highest BCUT2D eigenvalue weighted by atomic mass is 35.5. The zero-order chi connectivity index (χ0) is 13.8. The quantitative estimate of drug-likeness (QED) is 0.811. The van der Waals surface area contributed by atoms with Crippen LogP contribution in [0.3, 0.4) is 0 Å². The van der Waals surface area contributed by atoms with Gasteiger partial charge in [0.25, 0.3) is 0 Å². The first-order valence-corrected chi connectivity index (χ1v) is 7.56. The van der Waals surface area contributed by atoms with Crippen LogP contribution in [-0.4, -0.2) is 43.7 Å². The third-order valence-electron chi connectivity index (χ3n) is 2.45. The van der Waals surface area contributed by atoms with E-state index in [1.54, 1.807) is 6.07 Å². The fourth-order valence-electron chi connectivity index (χ4n) is 1.32. The molecule has 7 heteroatoms. The Bertz CT molecular complexity index is 474. The van der Waals surface area contributed by atoms with Gasteiger partial charge in [0.05, 0.1) is 0 Å². The molecule has 0 aliphatic heterocycles. The standard InChI is InChI=1S/C11H18ClN3O2S/c1-9(6-7-12)14-11-5-4-10(8-13-11)18(16,17)15(2)3/h4-5,8-9H,6-7H2,1-3H3,(H,13,14). The molecule has 1 aromatic rings. The number of sulfonamides is 1. The first-order valence-electron chi connectivity index (χ1n) is 5.59. The Kier molecular flexibility index (Phi) is 5.37. The van der Waals surface area contributed by atoms with Gasteiger partial charge in [0.1, 0.15) is 10.7 Å². The summed E-state index contributed by atoms with van der Waals surface area (Å²) >= 11 is 5.64. The van der Waals surface area contributed by atoms with E-state index >= 15 is 0 Å². The lowest BCUT2D eigenvalue weighted by Gasteiger charge is -2.14. The van der Waals surface area contributed by atoms with Gasteiger partial charge in [-0.15, -0.1) is 11.6 Å². The number of rotatable bonds is 6. The molecule has 1 rings (SSSR count). The van der Waals surface area contributed by atoms with Crippen molar-refractivity contribution in [3.05, 3.63) is 18.3 Å². The van der Waals surface area contributed by atoms with Gasteiger partial charge in [0.15, 0.2) is 0 Å². The van der Waals surface area contributed by atoms with Gasteiger partial charge in [-0.25, -0.2) is 17.7 Å². The maximum atomic E-state index is 11.8. The van der Waals surface area contributed by atoms with Crippen molar-refractivity contribution >= 4 is 27.4 Å². The molecule has 0 amide bonds. The average molecular weight is 292 g/mol. The average Bonchev–Trinajstić information content (AvgIpc) is 2.29. The molecule has 0 aliphatic rings. The smallest absolute Gasteiger partial charge is 0.244 e.